The summed E-state index contributed by atoms with van der Waals surface area (Å²) in [5.74, 6) is 0.849. The Bertz CT molecular complexity index is 66.4. The fourth-order valence-electron chi connectivity index (χ4n) is 1.29. The van der Waals surface area contributed by atoms with Crippen molar-refractivity contribution < 1.29 is 0 Å². The number of hydrogen-bond acceptors (Lipinski definition) is 0. The van der Waals surface area contributed by atoms with Gasteiger partial charge in [-0.05, 0) is 12.3 Å². The highest BCUT2D eigenvalue weighted by molar-refractivity contribution is 4.71. The fraction of sp³-hybridized carbons (Fsp3) is 0.909. The minimum atomic E-state index is 0.849. The molecule has 1 unspecified atom stereocenters. The summed E-state index contributed by atoms with van der Waals surface area (Å²) in [6, 6.07) is 0. The molecule has 0 aliphatic rings. The maximum atomic E-state index is 2.47. The summed E-state index contributed by atoms with van der Waals surface area (Å²) in [6.45, 7) is 6.85. The van der Waals surface area contributed by atoms with E-state index in [2.05, 4.69) is 27.2 Å². The monoisotopic (exact) mass is 155 g/mol. The SMILES string of the molecule is CCC[CH]C(C)CCCCC. The molecule has 0 spiro atoms. The van der Waals surface area contributed by atoms with E-state index in [1.54, 1.807) is 0 Å². The van der Waals surface area contributed by atoms with E-state index in [4.69, 9.17) is 0 Å². The van der Waals surface area contributed by atoms with E-state index in [1.165, 1.54) is 38.5 Å². The molecule has 0 rings (SSSR count). The van der Waals surface area contributed by atoms with Gasteiger partial charge < -0.3 is 0 Å². The van der Waals surface area contributed by atoms with E-state index in [-0.39, 0.29) is 0 Å². The maximum absolute atomic E-state index is 2.47. The molecule has 0 aromatic carbocycles. The first-order chi connectivity index (χ1) is 5.31. The second-order valence-corrected chi connectivity index (χ2v) is 3.50. The molecule has 0 aromatic rings. The van der Waals surface area contributed by atoms with Crippen molar-refractivity contribution in [3.8, 4) is 0 Å². The topological polar surface area (TPSA) is 0 Å². The highest BCUT2D eigenvalue weighted by Crippen LogP contribution is 2.14. The van der Waals surface area contributed by atoms with Crippen molar-refractivity contribution in [2.24, 2.45) is 5.92 Å². The molecule has 0 bridgehead atoms. The zero-order valence-electron chi connectivity index (χ0n) is 8.40. The van der Waals surface area contributed by atoms with Crippen LogP contribution in [0.15, 0.2) is 0 Å². The Labute approximate surface area is 72.4 Å². The summed E-state index contributed by atoms with van der Waals surface area (Å²) < 4.78 is 0. The molecule has 0 aromatic heterocycles. The van der Waals surface area contributed by atoms with Crippen molar-refractivity contribution in [2.45, 2.75) is 59.3 Å². The van der Waals surface area contributed by atoms with Gasteiger partial charge >= 0.3 is 0 Å². The van der Waals surface area contributed by atoms with Crippen LogP contribution in [0.4, 0.5) is 0 Å². The van der Waals surface area contributed by atoms with Gasteiger partial charge in [-0.2, -0.15) is 0 Å². The van der Waals surface area contributed by atoms with Crippen LogP contribution in [0.1, 0.15) is 59.3 Å². The number of hydrogen-bond donors (Lipinski definition) is 0. The normalized spacial score (nSPS) is 13.4. The van der Waals surface area contributed by atoms with Gasteiger partial charge in [0.1, 0.15) is 0 Å². The van der Waals surface area contributed by atoms with Gasteiger partial charge in [0.25, 0.3) is 0 Å². The van der Waals surface area contributed by atoms with Gasteiger partial charge in [0, 0.05) is 0 Å². The van der Waals surface area contributed by atoms with Gasteiger partial charge in [0.2, 0.25) is 0 Å². The molecule has 0 saturated carbocycles. The molecular formula is C11H23. The molecule has 0 saturated heterocycles. The molecule has 0 fully saturated rings. The lowest BCUT2D eigenvalue weighted by molar-refractivity contribution is 0.532. The number of unbranched alkanes of at least 4 members (excludes halogenated alkanes) is 3. The minimum Gasteiger partial charge on any atom is -0.0654 e. The lowest BCUT2D eigenvalue weighted by Crippen LogP contribution is -1.94. The average molecular weight is 155 g/mol. The van der Waals surface area contributed by atoms with Crippen LogP contribution in [-0.4, -0.2) is 0 Å². The first-order valence-corrected chi connectivity index (χ1v) is 5.14. The maximum Gasteiger partial charge on any atom is -0.0358 e. The van der Waals surface area contributed by atoms with Gasteiger partial charge in [-0.15, -0.1) is 0 Å². The third kappa shape index (κ3) is 7.90. The smallest absolute Gasteiger partial charge is 0.0358 e. The summed E-state index contributed by atoms with van der Waals surface area (Å²) in [5.41, 5.74) is 0. The zero-order chi connectivity index (χ0) is 8.53. The van der Waals surface area contributed by atoms with Crippen molar-refractivity contribution in [3.05, 3.63) is 6.42 Å². The molecule has 0 nitrogen and oxygen atoms in total. The standard InChI is InChI=1S/C11H23/c1-4-6-8-10-11(3)9-7-5-2/h9,11H,4-8,10H2,1-3H3. The van der Waals surface area contributed by atoms with E-state index in [0.717, 1.165) is 5.92 Å². The Morgan fingerprint density at radius 3 is 2.36 bits per heavy atom. The van der Waals surface area contributed by atoms with Crippen LogP contribution in [-0.2, 0) is 0 Å². The van der Waals surface area contributed by atoms with Gasteiger partial charge in [-0.1, -0.05) is 59.3 Å². The van der Waals surface area contributed by atoms with Crippen molar-refractivity contribution in [1.82, 2.24) is 0 Å². The van der Waals surface area contributed by atoms with Crippen molar-refractivity contribution >= 4 is 0 Å². The van der Waals surface area contributed by atoms with Crippen molar-refractivity contribution in [2.75, 3.05) is 0 Å². The van der Waals surface area contributed by atoms with Crippen LogP contribution in [0.2, 0.25) is 0 Å². The van der Waals surface area contributed by atoms with Gasteiger partial charge in [-0.25, -0.2) is 0 Å². The average Bonchev–Trinajstić information content (AvgIpc) is 2.01. The molecule has 0 N–H and O–H groups in total. The predicted octanol–water partition coefficient (Wildman–Crippen LogP) is 4.21. The third-order valence-electron chi connectivity index (χ3n) is 2.12. The first-order valence-electron chi connectivity index (χ1n) is 5.14. The largest absolute Gasteiger partial charge is 0.0654 e. The summed E-state index contributed by atoms with van der Waals surface area (Å²) in [7, 11) is 0. The minimum absolute atomic E-state index is 0.849. The molecule has 67 valence electrons. The summed E-state index contributed by atoms with van der Waals surface area (Å²) in [4.78, 5) is 0. The summed E-state index contributed by atoms with van der Waals surface area (Å²) >= 11 is 0. The van der Waals surface area contributed by atoms with Crippen LogP contribution in [0, 0.1) is 12.3 Å². The van der Waals surface area contributed by atoms with Gasteiger partial charge in [-0.3, -0.25) is 0 Å². The van der Waals surface area contributed by atoms with Crippen molar-refractivity contribution in [1.29, 1.82) is 0 Å². The van der Waals surface area contributed by atoms with E-state index >= 15 is 0 Å². The molecule has 0 aliphatic carbocycles. The molecule has 11 heavy (non-hydrogen) atoms. The fourth-order valence-corrected chi connectivity index (χ4v) is 1.29. The molecule has 0 aliphatic heterocycles. The second-order valence-electron chi connectivity index (χ2n) is 3.50. The Kier molecular flexibility index (Phi) is 8.10. The van der Waals surface area contributed by atoms with Crippen LogP contribution in [0.3, 0.4) is 0 Å². The highest BCUT2D eigenvalue weighted by atomic mass is 14.1. The van der Waals surface area contributed by atoms with Gasteiger partial charge in [0.15, 0.2) is 0 Å². The Balaban J connectivity index is 3.02. The highest BCUT2D eigenvalue weighted by Gasteiger charge is 1.99. The van der Waals surface area contributed by atoms with E-state index in [0.29, 0.717) is 0 Å². The molecule has 1 radical (unpaired) electrons. The lowest BCUT2D eigenvalue weighted by atomic mass is 9.98. The molecule has 0 heteroatoms. The van der Waals surface area contributed by atoms with Crippen LogP contribution >= 0.6 is 0 Å². The van der Waals surface area contributed by atoms with Crippen LogP contribution < -0.4 is 0 Å². The Hall–Kier alpha value is 0. The first kappa shape index (κ1) is 11.0. The van der Waals surface area contributed by atoms with E-state index in [1.807, 2.05) is 0 Å². The van der Waals surface area contributed by atoms with Crippen LogP contribution in [0.5, 0.6) is 0 Å². The third-order valence-corrected chi connectivity index (χ3v) is 2.12. The van der Waals surface area contributed by atoms with E-state index in [9.17, 15) is 0 Å². The molecule has 1 atom stereocenters. The van der Waals surface area contributed by atoms with Gasteiger partial charge in [0.05, 0.1) is 0 Å². The van der Waals surface area contributed by atoms with E-state index < -0.39 is 0 Å². The Morgan fingerprint density at radius 2 is 1.82 bits per heavy atom. The molecular weight excluding hydrogens is 132 g/mol. The quantitative estimate of drug-likeness (QED) is 0.483. The van der Waals surface area contributed by atoms with Crippen molar-refractivity contribution in [3.63, 3.8) is 0 Å². The lowest BCUT2D eigenvalue weighted by Gasteiger charge is -2.08. The zero-order valence-corrected chi connectivity index (χ0v) is 8.40. The van der Waals surface area contributed by atoms with Crippen LogP contribution in [0.25, 0.3) is 0 Å². The number of rotatable bonds is 7. The summed E-state index contributed by atoms with van der Waals surface area (Å²) in [5, 5.41) is 0. The molecule has 0 heterocycles. The summed E-state index contributed by atoms with van der Waals surface area (Å²) in [6.07, 6.45) is 10.6. The second kappa shape index (κ2) is 8.10. The molecule has 0 amide bonds. The predicted molar refractivity (Wildman–Crippen MR) is 52.5 cm³/mol. The Morgan fingerprint density at radius 1 is 1.09 bits per heavy atom.